The standard InChI is InChI=1S/C15H7ClF4O/c1-2-9-3-5-11(21-15(18,19)20)8-12(9)13-7-10(17)4-6-14(13)16/h1,3-8H. The van der Waals surface area contributed by atoms with E-state index in [1.807, 2.05) is 0 Å². The van der Waals surface area contributed by atoms with Crippen LogP contribution in [0.15, 0.2) is 36.4 Å². The van der Waals surface area contributed by atoms with Crippen LogP contribution in [0.1, 0.15) is 5.56 Å². The van der Waals surface area contributed by atoms with E-state index < -0.39 is 17.9 Å². The second-order valence-electron chi connectivity index (χ2n) is 4.02. The van der Waals surface area contributed by atoms with E-state index in [9.17, 15) is 17.6 Å². The number of hydrogen-bond donors (Lipinski definition) is 0. The largest absolute Gasteiger partial charge is 0.573 e. The van der Waals surface area contributed by atoms with E-state index in [-0.39, 0.29) is 21.7 Å². The van der Waals surface area contributed by atoms with Gasteiger partial charge in [0, 0.05) is 21.7 Å². The van der Waals surface area contributed by atoms with Crippen molar-refractivity contribution < 1.29 is 22.3 Å². The first-order valence-electron chi connectivity index (χ1n) is 5.62. The molecule has 0 heterocycles. The van der Waals surface area contributed by atoms with Gasteiger partial charge in [-0.2, -0.15) is 0 Å². The molecule has 0 aliphatic heterocycles. The molecule has 2 aromatic carbocycles. The van der Waals surface area contributed by atoms with Gasteiger partial charge in [-0.15, -0.1) is 19.6 Å². The molecule has 0 N–H and O–H groups in total. The monoisotopic (exact) mass is 314 g/mol. The van der Waals surface area contributed by atoms with Gasteiger partial charge in [0.25, 0.3) is 0 Å². The van der Waals surface area contributed by atoms with Crippen LogP contribution in [-0.2, 0) is 0 Å². The highest BCUT2D eigenvalue weighted by atomic mass is 35.5. The molecule has 0 bridgehead atoms. The van der Waals surface area contributed by atoms with Gasteiger partial charge in [0.2, 0.25) is 0 Å². The first-order valence-corrected chi connectivity index (χ1v) is 6.00. The lowest BCUT2D eigenvalue weighted by Crippen LogP contribution is -2.17. The summed E-state index contributed by atoms with van der Waals surface area (Å²) in [4.78, 5) is 0. The van der Waals surface area contributed by atoms with E-state index in [1.165, 1.54) is 12.1 Å². The Balaban J connectivity index is 2.58. The maximum Gasteiger partial charge on any atom is 0.573 e. The molecule has 0 aliphatic rings. The minimum atomic E-state index is -4.83. The average molecular weight is 315 g/mol. The van der Waals surface area contributed by atoms with Crippen LogP contribution < -0.4 is 4.74 Å². The quantitative estimate of drug-likeness (QED) is 0.558. The lowest BCUT2D eigenvalue weighted by atomic mass is 9.99. The minimum absolute atomic E-state index is 0.164. The Hall–Kier alpha value is -2.19. The minimum Gasteiger partial charge on any atom is -0.406 e. The van der Waals surface area contributed by atoms with Crippen LogP contribution >= 0.6 is 11.6 Å². The third kappa shape index (κ3) is 3.67. The van der Waals surface area contributed by atoms with Crippen molar-refractivity contribution in [1.82, 2.24) is 0 Å². The zero-order valence-corrected chi connectivity index (χ0v) is 11.1. The highest BCUT2D eigenvalue weighted by Gasteiger charge is 2.31. The SMILES string of the molecule is C#Cc1ccc(OC(F)(F)F)cc1-c1cc(F)ccc1Cl. The van der Waals surface area contributed by atoms with Gasteiger partial charge in [-0.25, -0.2) is 4.39 Å². The van der Waals surface area contributed by atoms with Crippen molar-refractivity contribution >= 4 is 11.6 Å². The van der Waals surface area contributed by atoms with Crippen LogP contribution in [0.25, 0.3) is 11.1 Å². The van der Waals surface area contributed by atoms with Crippen molar-refractivity contribution in [2.45, 2.75) is 6.36 Å². The molecule has 0 aliphatic carbocycles. The second-order valence-corrected chi connectivity index (χ2v) is 4.43. The summed E-state index contributed by atoms with van der Waals surface area (Å²) in [6.45, 7) is 0. The van der Waals surface area contributed by atoms with Gasteiger partial charge in [-0.3, -0.25) is 0 Å². The smallest absolute Gasteiger partial charge is 0.406 e. The third-order valence-corrected chi connectivity index (χ3v) is 2.93. The number of benzene rings is 2. The summed E-state index contributed by atoms with van der Waals surface area (Å²) >= 11 is 5.95. The summed E-state index contributed by atoms with van der Waals surface area (Å²) < 4.78 is 53.9. The first kappa shape index (κ1) is 15.2. The molecular weight excluding hydrogens is 308 g/mol. The van der Waals surface area contributed by atoms with Crippen molar-refractivity contribution in [2.24, 2.45) is 0 Å². The highest BCUT2D eigenvalue weighted by Crippen LogP contribution is 2.34. The van der Waals surface area contributed by atoms with Gasteiger partial charge in [-0.1, -0.05) is 17.5 Å². The predicted octanol–water partition coefficient (Wildman–Crippen LogP) is 5.03. The number of hydrogen-bond acceptors (Lipinski definition) is 1. The molecule has 2 rings (SSSR count). The van der Waals surface area contributed by atoms with E-state index in [2.05, 4.69) is 10.7 Å². The molecule has 0 radical (unpaired) electrons. The summed E-state index contributed by atoms with van der Waals surface area (Å²) in [6.07, 6.45) is 0.471. The molecule has 108 valence electrons. The number of terminal acetylenes is 1. The van der Waals surface area contributed by atoms with Gasteiger partial charge >= 0.3 is 6.36 Å². The fourth-order valence-electron chi connectivity index (χ4n) is 1.77. The molecule has 1 nitrogen and oxygen atoms in total. The topological polar surface area (TPSA) is 9.23 Å². The zero-order chi connectivity index (χ0) is 15.6. The van der Waals surface area contributed by atoms with E-state index in [0.717, 1.165) is 24.3 Å². The Morgan fingerprint density at radius 2 is 1.76 bits per heavy atom. The Bertz CT molecular complexity index is 717. The molecule has 0 spiro atoms. The van der Waals surface area contributed by atoms with Crippen LogP contribution in [0.2, 0.25) is 5.02 Å². The number of ether oxygens (including phenoxy) is 1. The van der Waals surface area contributed by atoms with Crippen molar-refractivity contribution in [2.75, 3.05) is 0 Å². The van der Waals surface area contributed by atoms with Crippen molar-refractivity contribution in [3.8, 4) is 29.2 Å². The molecule has 0 saturated carbocycles. The molecule has 6 heteroatoms. The molecule has 0 saturated heterocycles. The lowest BCUT2D eigenvalue weighted by molar-refractivity contribution is -0.274. The van der Waals surface area contributed by atoms with Crippen molar-refractivity contribution in [3.05, 3.63) is 52.8 Å². The molecule has 0 amide bonds. The van der Waals surface area contributed by atoms with Gasteiger partial charge in [-0.05, 0) is 36.4 Å². The molecule has 0 atom stereocenters. The van der Waals surface area contributed by atoms with Crippen LogP contribution in [0.4, 0.5) is 17.6 Å². The van der Waals surface area contributed by atoms with E-state index in [4.69, 9.17) is 18.0 Å². The summed E-state index contributed by atoms with van der Waals surface area (Å²) in [5, 5.41) is 0.164. The van der Waals surface area contributed by atoms with Gasteiger partial charge < -0.3 is 4.74 Å². The second kappa shape index (κ2) is 5.66. The maximum absolute atomic E-state index is 13.3. The van der Waals surface area contributed by atoms with E-state index in [0.29, 0.717) is 0 Å². The lowest BCUT2D eigenvalue weighted by Gasteiger charge is -2.12. The normalized spacial score (nSPS) is 11.0. The summed E-state index contributed by atoms with van der Waals surface area (Å²) in [5.41, 5.74) is 0.651. The first-order chi connectivity index (χ1) is 9.80. The third-order valence-electron chi connectivity index (χ3n) is 2.60. The Kier molecular flexibility index (Phi) is 4.10. The number of alkyl halides is 3. The molecule has 0 aromatic heterocycles. The van der Waals surface area contributed by atoms with Crippen LogP contribution in [0.5, 0.6) is 5.75 Å². The Labute approximate surface area is 123 Å². The van der Waals surface area contributed by atoms with Crippen LogP contribution in [0, 0.1) is 18.2 Å². The van der Waals surface area contributed by atoms with E-state index in [1.54, 1.807) is 0 Å². The number of halogens is 5. The fraction of sp³-hybridized carbons (Fsp3) is 0.0667. The van der Waals surface area contributed by atoms with Crippen molar-refractivity contribution in [3.63, 3.8) is 0 Å². The van der Waals surface area contributed by atoms with Crippen LogP contribution in [-0.4, -0.2) is 6.36 Å². The molecular formula is C15H7ClF4O. The number of rotatable bonds is 2. The van der Waals surface area contributed by atoms with Crippen molar-refractivity contribution in [1.29, 1.82) is 0 Å². The van der Waals surface area contributed by atoms with Crippen LogP contribution in [0.3, 0.4) is 0 Å². The summed E-state index contributed by atoms with van der Waals surface area (Å²) in [6, 6.07) is 6.96. The Morgan fingerprint density at radius 1 is 1.05 bits per heavy atom. The molecule has 0 fully saturated rings. The van der Waals surface area contributed by atoms with Gasteiger partial charge in [0.1, 0.15) is 11.6 Å². The van der Waals surface area contributed by atoms with Gasteiger partial charge in [0.15, 0.2) is 0 Å². The Morgan fingerprint density at radius 3 is 2.38 bits per heavy atom. The highest BCUT2D eigenvalue weighted by molar-refractivity contribution is 6.33. The summed E-state index contributed by atoms with van der Waals surface area (Å²) in [7, 11) is 0. The summed E-state index contributed by atoms with van der Waals surface area (Å²) in [5.74, 6) is 1.27. The van der Waals surface area contributed by atoms with Gasteiger partial charge in [0.05, 0.1) is 0 Å². The average Bonchev–Trinajstić information content (AvgIpc) is 2.39. The molecule has 0 unspecified atom stereocenters. The predicted molar refractivity (Wildman–Crippen MR) is 71.5 cm³/mol. The molecule has 21 heavy (non-hydrogen) atoms. The maximum atomic E-state index is 13.3. The molecule has 2 aromatic rings. The van der Waals surface area contributed by atoms with E-state index >= 15 is 0 Å². The zero-order valence-electron chi connectivity index (χ0n) is 10.3. The fourth-order valence-corrected chi connectivity index (χ4v) is 1.99.